The highest BCUT2D eigenvalue weighted by Gasteiger charge is 2.11. The van der Waals surface area contributed by atoms with Gasteiger partial charge in [-0.1, -0.05) is 43.1 Å². The fourth-order valence-electron chi connectivity index (χ4n) is 1.36. The molecule has 1 rings (SSSR count). The van der Waals surface area contributed by atoms with Crippen LogP contribution < -0.4 is 5.73 Å². The molecule has 1 aromatic carbocycles. The van der Waals surface area contributed by atoms with Gasteiger partial charge in [-0.2, -0.15) is 11.8 Å². The Morgan fingerprint density at radius 3 is 2.31 bits per heavy atom. The molecule has 0 radical (unpaired) electrons. The van der Waals surface area contributed by atoms with Crippen molar-refractivity contribution in [1.29, 1.82) is 0 Å². The Labute approximate surface area is 112 Å². The normalized spacial score (nSPS) is 13.1. The van der Waals surface area contributed by atoms with Crippen LogP contribution in [0.5, 0.6) is 0 Å². The van der Waals surface area contributed by atoms with E-state index < -0.39 is 0 Å². The molecule has 0 fully saturated rings. The first kappa shape index (κ1) is 14.2. The van der Waals surface area contributed by atoms with Crippen LogP contribution in [0.4, 0.5) is 0 Å². The molecule has 0 bridgehead atoms. The fraction of sp³-hybridized carbons (Fsp3) is 0.500. The molecule has 0 heterocycles. The average Bonchev–Trinajstić information content (AvgIpc) is 2.21. The summed E-state index contributed by atoms with van der Waals surface area (Å²) in [7, 11) is 0. The van der Waals surface area contributed by atoms with E-state index in [4.69, 9.17) is 28.9 Å². The van der Waals surface area contributed by atoms with E-state index in [1.165, 1.54) is 0 Å². The van der Waals surface area contributed by atoms with Crippen LogP contribution in [-0.2, 0) is 6.42 Å². The van der Waals surface area contributed by atoms with Gasteiger partial charge in [0, 0.05) is 21.8 Å². The quantitative estimate of drug-likeness (QED) is 0.880. The number of hydrogen-bond donors (Lipinski definition) is 1. The molecule has 90 valence electrons. The van der Waals surface area contributed by atoms with Gasteiger partial charge < -0.3 is 5.73 Å². The van der Waals surface area contributed by atoms with Crippen LogP contribution in [0.15, 0.2) is 18.2 Å². The van der Waals surface area contributed by atoms with Crippen LogP contribution in [0.3, 0.4) is 0 Å². The maximum Gasteiger partial charge on any atom is 0.0453 e. The third kappa shape index (κ3) is 4.54. The number of halogens is 2. The van der Waals surface area contributed by atoms with Crippen molar-refractivity contribution >= 4 is 35.0 Å². The molecule has 0 amide bonds. The van der Waals surface area contributed by atoms with Crippen LogP contribution in [0, 0.1) is 0 Å². The zero-order chi connectivity index (χ0) is 12.1. The topological polar surface area (TPSA) is 26.0 Å². The first-order valence-electron chi connectivity index (χ1n) is 5.30. The lowest BCUT2D eigenvalue weighted by atomic mass is 10.1. The molecule has 1 aromatic rings. The minimum absolute atomic E-state index is 0.102. The molecule has 0 saturated carbocycles. The molecular weight excluding hydrogens is 261 g/mol. The van der Waals surface area contributed by atoms with Gasteiger partial charge in [-0.15, -0.1) is 0 Å². The predicted molar refractivity (Wildman–Crippen MR) is 75.7 cm³/mol. The van der Waals surface area contributed by atoms with E-state index >= 15 is 0 Å². The van der Waals surface area contributed by atoms with E-state index in [-0.39, 0.29) is 6.04 Å². The van der Waals surface area contributed by atoms with E-state index in [2.05, 4.69) is 13.8 Å². The zero-order valence-corrected chi connectivity index (χ0v) is 11.9. The molecule has 2 N–H and O–H groups in total. The Kier molecular flexibility index (Phi) is 5.98. The van der Waals surface area contributed by atoms with Gasteiger partial charge in [0.2, 0.25) is 0 Å². The average molecular weight is 278 g/mol. The van der Waals surface area contributed by atoms with E-state index in [0.29, 0.717) is 15.3 Å². The minimum atomic E-state index is 0.102. The van der Waals surface area contributed by atoms with Gasteiger partial charge in [-0.3, -0.25) is 0 Å². The molecule has 1 unspecified atom stereocenters. The second kappa shape index (κ2) is 6.75. The molecular formula is C12H17Cl2NS. The highest BCUT2D eigenvalue weighted by atomic mass is 35.5. The standard InChI is InChI=1S/C12H17Cl2NS/c1-8(2)16-7-9(15)6-10-11(13)4-3-5-12(10)14/h3-5,8-9H,6-7,15H2,1-2H3. The Bertz CT molecular complexity index is 322. The van der Waals surface area contributed by atoms with Crippen molar-refractivity contribution in [3.8, 4) is 0 Å². The summed E-state index contributed by atoms with van der Waals surface area (Å²) in [4.78, 5) is 0. The van der Waals surface area contributed by atoms with Gasteiger partial charge in [-0.25, -0.2) is 0 Å². The molecule has 0 aliphatic carbocycles. The summed E-state index contributed by atoms with van der Waals surface area (Å²) in [5, 5.41) is 2.02. The molecule has 0 aliphatic rings. The highest BCUT2D eigenvalue weighted by molar-refractivity contribution is 7.99. The molecule has 0 spiro atoms. The monoisotopic (exact) mass is 277 g/mol. The smallest absolute Gasteiger partial charge is 0.0453 e. The number of rotatable bonds is 5. The lowest BCUT2D eigenvalue weighted by Gasteiger charge is -2.14. The summed E-state index contributed by atoms with van der Waals surface area (Å²) in [6.45, 7) is 4.33. The maximum atomic E-state index is 6.09. The first-order chi connectivity index (χ1) is 7.50. The van der Waals surface area contributed by atoms with Gasteiger partial charge >= 0.3 is 0 Å². The van der Waals surface area contributed by atoms with E-state index in [9.17, 15) is 0 Å². The third-order valence-electron chi connectivity index (χ3n) is 2.17. The van der Waals surface area contributed by atoms with Crippen LogP contribution >= 0.6 is 35.0 Å². The molecule has 16 heavy (non-hydrogen) atoms. The van der Waals surface area contributed by atoms with Crippen LogP contribution in [0.25, 0.3) is 0 Å². The lowest BCUT2D eigenvalue weighted by Crippen LogP contribution is -2.26. The van der Waals surface area contributed by atoms with Crippen molar-refractivity contribution in [3.05, 3.63) is 33.8 Å². The van der Waals surface area contributed by atoms with Crippen molar-refractivity contribution in [1.82, 2.24) is 0 Å². The zero-order valence-electron chi connectivity index (χ0n) is 9.54. The Hall–Kier alpha value is 0.110. The second-order valence-electron chi connectivity index (χ2n) is 4.05. The van der Waals surface area contributed by atoms with Crippen LogP contribution in [0.2, 0.25) is 10.0 Å². The molecule has 0 aromatic heterocycles. The van der Waals surface area contributed by atoms with E-state index in [1.54, 1.807) is 0 Å². The number of benzene rings is 1. The summed E-state index contributed by atoms with van der Waals surface area (Å²) < 4.78 is 0. The summed E-state index contributed by atoms with van der Waals surface area (Å²) in [5.41, 5.74) is 7.01. The van der Waals surface area contributed by atoms with Gasteiger partial charge in [0.25, 0.3) is 0 Å². The van der Waals surface area contributed by atoms with Gasteiger partial charge in [0.1, 0.15) is 0 Å². The van der Waals surface area contributed by atoms with Crippen molar-refractivity contribution in [2.75, 3.05) is 5.75 Å². The molecule has 1 nitrogen and oxygen atoms in total. The van der Waals surface area contributed by atoms with Crippen molar-refractivity contribution in [3.63, 3.8) is 0 Å². The van der Waals surface area contributed by atoms with Crippen molar-refractivity contribution in [2.45, 2.75) is 31.6 Å². The van der Waals surface area contributed by atoms with Crippen molar-refractivity contribution < 1.29 is 0 Å². The lowest BCUT2D eigenvalue weighted by molar-refractivity contribution is 0.747. The third-order valence-corrected chi connectivity index (χ3v) is 4.17. The maximum absolute atomic E-state index is 6.09. The van der Waals surface area contributed by atoms with Crippen LogP contribution in [-0.4, -0.2) is 17.0 Å². The molecule has 0 saturated heterocycles. The summed E-state index contributed by atoms with van der Waals surface area (Å²) in [6.07, 6.45) is 0.734. The van der Waals surface area contributed by atoms with E-state index in [1.807, 2.05) is 30.0 Å². The molecule has 1 atom stereocenters. The minimum Gasteiger partial charge on any atom is -0.327 e. The van der Waals surface area contributed by atoms with Gasteiger partial charge in [-0.05, 0) is 29.4 Å². The predicted octanol–water partition coefficient (Wildman–Crippen LogP) is 4.00. The number of nitrogens with two attached hydrogens (primary N) is 1. The molecule has 4 heteroatoms. The Balaban J connectivity index is 2.59. The summed E-state index contributed by atoms with van der Waals surface area (Å²) >= 11 is 14.0. The first-order valence-corrected chi connectivity index (χ1v) is 7.11. The van der Waals surface area contributed by atoms with Gasteiger partial charge in [0.15, 0.2) is 0 Å². The number of thioether (sulfide) groups is 1. The van der Waals surface area contributed by atoms with E-state index in [0.717, 1.165) is 17.7 Å². The summed E-state index contributed by atoms with van der Waals surface area (Å²) in [5.74, 6) is 0.930. The molecule has 0 aliphatic heterocycles. The summed E-state index contributed by atoms with van der Waals surface area (Å²) in [6, 6.07) is 5.66. The van der Waals surface area contributed by atoms with Crippen LogP contribution in [0.1, 0.15) is 19.4 Å². The SMILES string of the molecule is CC(C)SCC(N)Cc1c(Cl)cccc1Cl. The largest absolute Gasteiger partial charge is 0.327 e. The van der Waals surface area contributed by atoms with Gasteiger partial charge in [0.05, 0.1) is 0 Å². The fourth-order valence-corrected chi connectivity index (χ4v) is 2.67. The number of hydrogen-bond acceptors (Lipinski definition) is 2. The Morgan fingerprint density at radius 2 is 1.81 bits per heavy atom. The van der Waals surface area contributed by atoms with Crippen molar-refractivity contribution in [2.24, 2.45) is 5.73 Å². The Morgan fingerprint density at radius 1 is 1.25 bits per heavy atom. The highest BCUT2D eigenvalue weighted by Crippen LogP contribution is 2.26. The second-order valence-corrected chi connectivity index (χ2v) is 6.47.